The number of aromatic nitrogens is 1. The zero-order valence-electron chi connectivity index (χ0n) is 13.7. The summed E-state index contributed by atoms with van der Waals surface area (Å²) in [6.45, 7) is 2.08. The minimum atomic E-state index is -1.03. The lowest BCUT2D eigenvalue weighted by Crippen LogP contribution is -2.48. The summed E-state index contributed by atoms with van der Waals surface area (Å²) in [5, 5.41) is 0. The molecule has 134 valence electrons. The van der Waals surface area contributed by atoms with Crippen LogP contribution in [-0.2, 0) is 0 Å². The number of carbonyl (C=O) groups is 1. The molecule has 1 N–H and O–H groups in total. The van der Waals surface area contributed by atoms with Crippen molar-refractivity contribution in [1.29, 1.82) is 0 Å². The number of aromatic amines is 1. The summed E-state index contributed by atoms with van der Waals surface area (Å²) in [5.41, 5.74) is 2.16. The second-order valence-corrected chi connectivity index (χ2v) is 6.10. The molecule has 1 saturated heterocycles. The van der Waals surface area contributed by atoms with Gasteiger partial charge in [0.1, 0.15) is 0 Å². The van der Waals surface area contributed by atoms with E-state index in [9.17, 15) is 18.4 Å². The van der Waals surface area contributed by atoms with E-state index in [1.165, 1.54) is 6.07 Å². The van der Waals surface area contributed by atoms with Crippen molar-refractivity contribution in [1.82, 2.24) is 9.88 Å². The van der Waals surface area contributed by atoms with E-state index in [0.717, 1.165) is 17.8 Å². The molecule has 0 bridgehead atoms. The summed E-state index contributed by atoms with van der Waals surface area (Å²) in [6, 6.07) is 8.57. The van der Waals surface area contributed by atoms with Crippen LogP contribution in [0.3, 0.4) is 0 Å². The molecule has 0 unspecified atom stereocenters. The summed E-state index contributed by atoms with van der Waals surface area (Å²) >= 11 is 0. The van der Waals surface area contributed by atoms with Gasteiger partial charge in [-0.1, -0.05) is 0 Å². The smallest absolute Gasteiger partial charge is 0.408 e. The van der Waals surface area contributed by atoms with Crippen LogP contribution >= 0.6 is 0 Å². The number of H-pyrrole nitrogens is 1. The van der Waals surface area contributed by atoms with E-state index in [4.69, 9.17) is 4.42 Å². The van der Waals surface area contributed by atoms with Gasteiger partial charge >= 0.3 is 5.76 Å². The van der Waals surface area contributed by atoms with Gasteiger partial charge < -0.3 is 14.2 Å². The third-order valence-electron chi connectivity index (χ3n) is 4.50. The fourth-order valence-electron chi connectivity index (χ4n) is 3.12. The summed E-state index contributed by atoms with van der Waals surface area (Å²) in [5.74, 6) is -2.83. The second-order valence-electron chi connectivity index (χ2n) is 6.10. The lowest BCUT2D eigenvalue weighted by atomic mass is 10.1. The number of carbonyl (C=O) groups excluding carboxylic acids is 1. The Bertz CT molecular complexity index is 1040. The molecule has 8 heteroatoms. The van der Waals surface area contributed by atoms with Gasteiger partial charge in [-0.15, -0.1) is 0 Å². The number of nitrogens with zero attached hydrogens (tertiary/aromatic N) is 2. The van der Waals surface area contributed by atoms with Gasteiger partial charge in [0.15, 0.2) is 17.2 Å². The average molecular weight is 359 g/mol. The third kappa shape index (κ3) is 2.94. The molecule has 0 radical (unpaired) electrons. The number of benzene rings is 2. The van der Waals surface area contributed by atoms with Crippen LogP contribution in [0.2, 0.25) is 0 Å². The van der Waals surface area contributed by atoms with E-state index in [0.29, 0.717) is 37.3 Å². The zero-order chi connectivity index (χ0) is 18.3. The summed E-state index contributed by atoms with van der Waals surface area (Å²) in [7, 11) is 0. The number of oxazole rings is 1. The Morgan fingerprint density at radius 2 is 1.77 bits per heavy atom. The van der Waals surface area contributed by atoms with Gasteiger partial charge in [-0.05, 0) is 36.4 Å². The van der Waals surface area contributed by atoms with Crippen molar-refractivity contribution in [2.45, 2.75) is 0 Å². The molecule has 0 spiro atoms. The van der Waals surface area contributed by atoms with E-state index in [2.05, 4.69) is 9.88 Å². The number of piperazine rings is 1. The number of fused-ring (bicyclic) bond motifs is 1. The second kappa shape index (κ2) is 6.29. The first-order valence-electron chi connectivity index (χ1n) is 8.13. The molecule has 1 amide bonds. The topological polar surface area (TPSA) is 69.6 Å². The normalized spacial score (nSPS) is 14.8. The maximum absolute atomic E-state index is 13.3. The van der Waals surface area contributed by atoms with E-state index in [-0.39, 0.29) is 11.5 Å². The molecule has 1 fully saturated rings. The van der Waals surface area contributed by atoms with Crippen molar-refractivity contribution in [3.05, 3.63) is 64.1 Å². The molecule has 1 aliphatic heterocycles. The number of rotatable bonds is 2. The number of hydrogen-bond donors (Lipinski definition) is 1. The minimum Gasteiger partial charge on any atom is -0.408 e. The third-order valence-corrected chi connectivity index (χ3v) is 4.50. The number of anilines is 1. The van der Waals surface area contributed by atoms with Crippen molar-refractivity contribution in [3.8, 4) is 0 Å². The van der Waals surface area contributed by atoms with Crippen LogP contribution in [0, 0.1) is 11.6 Å². The maximum atomic E-state index is 13.3. The predicted molar refractivity (Wildman–Crippen MR) is 91.3 cm³/mol. The standard InChI is InChI=1S/C18H15F2N3O3/c19-13-3-1-11(9-14(13)20)17(24)23-7-5-22(6-8-23)12-2-4-16-15(10-12)21-18(25)26-16/h1-4,9-10H,5-8H2,(H,21,25). The van der Waals surface area contributed by atoms with Crippen molar-refractivity contribution in [2.75, 3.05) is 31.1 Å². The van der Waals surface area contributed by atoms with Crippen LogP contribution in [0.4, 0.5) is 14.5 Å². The fourth-order valence-corrected chi connectivity index (χ4v) is 3.12. The van der Waals surface area contributed by atoms with Crippen molar-refractivity contribution >= 4 is 22.7 Å². The van der Waals surface area contributed by atoms with Crippen LogP contribution in [0.25, 0.3) is 11.1 Å². The number of halogens is 2. The molecule has 0 atom stereocenters. The Labute approximate surface area is 146 Å². The molecule has 4 rings (SSSR count). The lowest BCUT2D eigenvalue weighted by Gasteiger charge is -2.36. The van der Waals surface area contributed by atoms with Gasteiger partial charge in [0.05, 0.1) is 5.52 Å². The van der Waals surface area contributed by atoms with Crippen molar-refractivity contribution < 1.29 is 18.0 Å². The Hall–Kier alpha value is -3.16. The van der Waals surface area contributed by atoms with Gasteiger partial charge in [-0.3, -0.25) is 9.78 Å². The zero-order valence-corrected chi connectivity index (χ0v) is 13.7. The monoisotopic (exact) mass is 359 g/mol. The highest BCUT2D eigenvalue weighted by Gasteiger charge is 2.23. The molecule has 1 aliphatic rings. The molecule has 0 aliphatic carbocycles. The van der Waals surface area contributed by atoms with E-state index in [1.54, 1.807) is 11.0 Å². The van der Waals surface area contributed by atoms with Crippen LogP contribution in [-0.4, -0.2) is 42.0 Å². The Balaban J connectivity index is 1.46. The highest BCUT2D eigenvalue weighted by atomic mass is 19.2. The van der Waals surface area contributed by atoms with Gasteiger partial charge in [0.2, 0.25) is 0 Å². The molecule has 6 nitrogen and oxygen atoms in total. The summed E-state index contributed by atoms with van der Waals surface area (Å²) in [6.07, 6.45) is 0. The predicted octanol–water partition coefficient (Wildman–Crippen LogP) is 2.36. The first-order chi connectivity index (χ1) is 12.5. The first-order valence-corrected chi connectivity index (χ1v) is 8.13. The first kappa shape index (κ1) is 16.3. The molecular weight excluding hydrogens is 344 g/mol. The van der Waals surface area contributed by atoms with Gasteiger partial charge in [-0.2, -0.15) is 0 Å². The fraction of sp³-hybridized carbons (Fsp3) is 0.222. The minimum absolute atomic E-state index is 0.134. The molecule has 0 saturated carbocycles. The van der Waals surface area contributed by atoms with E-state index in [1.807, 2.05) is 12.1 Å². The highest BCUT2D eigenvalue weighted by Crippen LogP contribution is 2.22. The largest absolute Gasteiger partial charge is 0.417 e. The lowest BCUT2D eigenvalue weighted by molar-refractivity contribution is 0.0746. The maximum Gasteiger partial charge on any atom is 0.417 e. The quantitative estimate of drug-likeness (QED) is 0.763. The number of amides is 1. The molecule has 2 aromatic carbocycles. The Morgan fingerprint density at radius 1 is 1.00 bits per heavy atom. The van der Waals surface area contributed by atoms with Crippen LogP contribution in [0.5, 0.6) is 0 Å². The van der Waals surface area contributed by atoms with Gasteiger partial charge in [-0.25, -0.2) is 13.6 Å². The van der Waals surface area contributed by atoms with Gasteiger partial charge in [0.25, 0.3) is 5.91 Å². The average Bonchev–Trinajstić information content (AvgIpc) is 3.02. The van der Waals surface area contributed by atoms with E-state index >= 15 is 0 Å². The van der Waals surface area contributed by atoms with Crippen LogP contribution in [0.15, 0.2) is 45.6 Å². The molecule has 1 aromatic heterocycles. The Kier molecular flexibility index (Phi) is 3.95. The summed E-state index contributed by atoms with van der Waals surface area (Å²) < 4.78 is 31.3. The number of hydrogen-bond acceptors (Lipinski definition) is 4. The Morgan fingerprint density at radius 3 is 2.50 bits per heavy atom. The van der Waals surface area contributed by atoms with E-state index < -0.39 is 17.4 Å². The van der Waals surface area contributed by atoms with Crippen LogP contribution < -0.4 is 10.7 Å². The summed E-state index contributed by atoms with van der Waals surface area (Å²) in [4.78, 5) is 30.0. The molecule has 26 heavy (non-hydrogen) atoms. The number of nitrogens with one attached hydrogen (secondary N) is 1. The van der Waals surface area contributed by atoms with Crippen LogP contribution in [0.1, 0.15) is 10.4 Å². The molecule has 3 aromatic rings. The molecule has 2 heterocycles. The highest BCUT2D eigenvalue weighted by molar-refractivity contribution is 5.94. The van der Waals surface area contributed by atoms with Crippen molar-refractivity contribution in [2.24, 2.45) is 0 Å². The SMILES string of the molecule is O=C(c1ccc(F)c(F)c1)N1CCN(c2ccc3oc(=O)[nH]c3c2)CC1. The van der Waals surface area contributed by atoms with Gasteiger partial charge in [0, 0.05) is 37.4 Å². The molecular formula is C18H15F2N3O3. The van der Waals surface area contributed by atoms with Crippen molar-refractivity contribution in [3.63, 3.8) is 0 Å².